The van der Waals surface area contributed by atoms with E-state index in [0.717, 1.165) is 5.56 Å². The fourth-order valence-electron chi connectivity index (χ4n) is 1.74. The molecule has 1 atom stereocenters. The molecule has 0 heterocycles. The number of aliphatic carboxylic acids is 1. The average molecular weight is 281 g/mol. The lowest BCUT2D eigenvalue weighted by molar-refractivity contribution is -0.139. The first-order valence-electron chi connectivity index (χ1n) is 6.26. The Morgan fingerprint density at radius 2 is 1.95 bits per heavy atom. The van der Waals surface area contributed by atoms with E-state index in [2.05, 4.69) is 17.9 Å². The topological polar surface area (TPSA) is 66.4 Å². The molecule has 1 aromatic carbocycles. The summed E-state index contributed by atoms with van der Waals surface area (Å²) in [6.07, 6.45) is 1.18. The van der Waals surface area contributed by atoms with Crippen LogP contribution in [0.5, 0.6) is 0 Å². The fraction of sp³-hybridized carbons (Fsp3) is 0.429. The summed E-state index contributed by atoms with van der Waals surface area (Å²) >= 11 is 4.01. The summed E-state index contributed by atoms with van der Waals surface area (Å²) in [5.74, 6) is -0.291. The number of rotatable bonds is 9. The number of carboxylic acid groups (broad SMARTS) is 1. The van der Waals surface area contributed by atoms with Gasteiger partial charge in [-0.25, -0.2) is 0 Å². The highest BCUT2D eigenvalue weighted by molar-refractivity contribution is 7.80. The summed E-state index contributed by atoms with van der Waals surface area (Å²) in [6, 6.07) is 8.90. The Labute approximate surface area is 118 Å². The van der Waals surface area contributed by atoms with Gasteiger partial charge in [0.15, 0.2) is 0 Å². The number of thiol groups is 1. The molecule has 104 valence electrons. The van der Waals surface area contributed by atoms with E-state index in [4.69, 9.17) is 5.11 Å². The van der Waals surface area contributed by atoms with E-state index in [-0.39, 0.29) is 5.78 Å². The van der Waals surface area contributed by atoms with E-state index in [1.807, 2.05) is 30.3 Å². The highest BCUT2D eigenvalue weighted by atomic mass is 32.1. The second-order valence-electron chi connectivity index (χ2n) is 4.31. The zero-order chi connectivity index (χ0) is 14.1. The van der Waals surface area contributed by atoms with Gasteiger partial charge in [0.2, 0.25) is 0 Å². The standard InChI is InChI=1S/C14H19NO3S/c16-12(10-11-4-2-1-3-5-11)6-8-15-13(7-9-19)14(17)18/h1-5,13,15,19H,6-10H2,(H,17,18)/t13-/m0/s1. The lowest BCUT2D eigenvalue weighted by Crippen LogP contribution is -2.38. The van der Waals surface area contributed by atoms with Crippen LogP contribution in [0.4, 0.5) is 0 Å². The second-order valence-corrected chi connectivity index (χ2v) is 4.76. The van der Waals surface area contributed by atoms with Crippen molar-refractivity contribution in [2.24, 2.45) is 0 Å². The molecule has 0 bridgehead atoms. The summed E-state index contributed by atoms with van der Waals surface area (Å²) in [7, 11) is 0. The van der Waals surface area contributed by atoms with Crippen LogP contribution in [-0.4, -0.2) is 35.2 Å². The molecule has 0 aliphatic heterocycles. The largest absolute Gasteiger partial charge is 0.480 e. The molecule has 19 heavy (non-hydrogen) atoms. The van der Waals surface area contributed by atoms with Crippen molar-refractivity contribution >= 4 is 24.4 Å². The van der Waals surface area contributed by atoms with Crippen LogP contribution in [0, 0.1) is 0 Å². The molecule has 0 unspecified atom stereocenters. The zero-order valence-electron chi connectivity index (χ0n) is 10.7. The molecule has 0 fully saturated rings. The van der Waals surface area contributed by atoms with Crippen LogP contribution < -0.4 is 5.32 Å². The Bertz CT molecular complexity index is 408. The summed E-state index contributed by atoms with van der Waals surface area (Å²) in [4.78, 5) is 22.6. The van der Waals surface area contributed by atoms with Gasteiger partial charge in [-0.05, 0) is 17.7 Å². The van der Waals surface area contributed by atoms with Gasteiger partial charge in [0, 0.05) is 19.4 Å². The minimum Gasteiger partial charge on any atom is -0.480 e. The SMILES string of the molecule is O=C(CCN[C@@H](CCS)C(=O)O)Cc1ccccc1. The van der Waals surface area contributed by atoms with Gasteiger partial charge in [-0.15, -0.1) is 0 Å². The zero-order valence-corrected chi connectivity index (χ0v) is 11.6. The normalized spacial score (nSPS) is 12.1. The van der Waals surface area contributed by atoms with E-state index in [0.29, 0.717) is 31.6 Å². The van der Waals surface area contributed by atoms with E-state index < -0.39 is 12.0 Å². The summed E-state index contributed by atoms with van der Waals surface area (Å²) in [5, 5.41) is 11.8. The highest BCUT2D eigenvalue weighted by Crippen LogP contribution is 2.02. The van der Waals surface area contributed by atoms with Crippen LogP contribution in [0.15, 0.2) is 30.3 Å². The number of ketones is 1. The van der Waals surface area contributed by atoms with Crippen molar-refractivity contribution in [3.05, 3.63) is 35.9 Å². The molecule has 0 aliphatic carbocycles. The van der Waals surface area contributed by atoms with Crippen molar-refractivity contribution in [3.8, 4) is 0 Å². The molecule has 0 saturated heterocycles. The van der Waals surface area contributed by atoms with Gasteiger partial charge >= 0.3 is 5.97 Å². The fourth-order valence-corrected chi connectivity index (χ4v) is 2.00. The van der Waals surface area contributed by atoms with Crippen molar-refractivity contribution in [2.75, 3.05) is 12.3 Å². The van der Waals surface area contributed by atoms with Crippen molar-refractivity contribution < 1.29 is 14.7 Å². The average Bonchev–Trinajstić information content (AvgIpc) is 2.38. The van der Waals surface area contributed by atoms with Crippen LogP contribution in [0.2, 0.25) is 0 Å². The van der Waals surface area contributed by atoms with Crippen molar-refractivity contribution in [3.63, 3.8) is 0 Å². The van der Waals surface area contributed by atoms with E-state index in [1.165, 1.54) is 0 Å². The van der Waals surface area contributed by atoms with Crippen molar-refractivity contribution in [2.45, 2.75) is 25.3 Å². The van der Waals surface area contributed by atoms with Crippen molar-refractivity contribution in [1.82, 2.24) is 5.32 Å². The molecule has 4 nitrogen and oxygen atoms in total. The first-order valence-corrected chi connectivity index (χ1v) is 6.89. The molecule has 0 aliphatic rings. The Hall–Kier alpha value is -1.33. The highest BCUT2D eigenvalue weighted by Gasteiger charge is 2.15. The Morgan fingerprint density at radius 3 is 2.53 bits per heavy atom. The number of hydrogen-bond donors (Lipinski definition) is 3. The third kappa shape index (κ3) is 6.40. The van der Waals surface area contributed by atoms with Gasteiger partial charge in [-0.2, -0.15) is 12.6 Å². The molecular weight excluding hydrogens is 262 g/mol. The smallest absolute Gasteiger partial charge is 0.320 e. The summed E-state index contributed by atoms with van der Waals surface area (Å²) in [6.45, 7) is 0.385. The Kier molecular flexibility index (Phi) is 7.22. The second kappa shape index (κ2) is 8.72. The number of hydrogen-bond acceptors (Lipinski definition) is 4. The maximum atomic E-state index is 11.7. The minimum atomic E-state index is -0.899. The third-order valence-corrected chi connectivity index (χ3v) is 3.01. The molecule has 1 aromatic rings. The number of Topliss-reactive ketones (excluding diaryl/α,β-unsaturated/α-hetero) is 1. The molecule has 5 heteroatoms. The third-order valence-electron chi connectivity index (χ3n) is 2.75. The van der Waals surface area contributed by atoms with Crippen molar-refractivity contribution in [1.29, 1.82) is 0 Å². The lowest BCUT2D eigenvalue weighted by Gasteiger charge is -2.12. The molecule has 0 spiro atoms. The number of carbonyl (C=O) groups excluding carboxylic acids is 1. The lowest BCUT2D eigenvalue weighted by atomic mass is 10.1. The Balaban J connectivity index is 2.28. The minimum absolute atomic E-state index is 0.105. The molecule has 1 rings (SSSR count). The molecule has 0 amide bonds. The van der Waals surface area contributed by atoms with E-state index in [9.17, 15) is 9.59 Å². The predicted octanol–water partition coefficient (Wildman–Crippen LogP) is 1.55. The van der Waals surface area contributed by atoms with Crippen LogP contribution in [0.3, 0.4) is 0 Å². The predicted molar refractivity (Wildman–Crippen MR) is 77.7 cm³/mol. The number of nitrogens with one attached hydrogen (secondary N) is 1. The van der Waals surface area contributed by atoms with E-state index >= 15 is 0 Å². The maximum absolute atomic E-state index is 11.7. The number of carboxylic acids is 1. The molecular formula is C14H19NO3S. The molecule has 0 radical (unpaired) electrons. The number of carbonyl (C=O) groups is 2. The summed E-state index contributed by atoms with van der Waals surface area (Å²) in [5.41, 5.74) is 0.984. The first kappa shape index (κ1) is 15.7. The first-order chi connectivity index (χ1) is 9.13. The van der Waals surface area contributed by atoms with Gasteiger partial charge in [0.25, 0.3) is 0 Å². The molecule has 0 aromatic heterocycles. The van der Waals surface area contributed by atoms with Gasteiger partial charge in [0.1, 0.15) is 11.8 Å². The Morgan fingerprint density at radius 1 is 1.26 bits per heavy atom. The van der Waals surface area contributed by atoms with Crippen LogP contribution in [-0.2, 0) is 16.0 Å². The van der Waals surface area contributed by atoms with Gasteiger partial charge in [-0.3, -0.25) is 9.59 Å². The monoisotopic (exact) mass is 281 g/mol. The van der Waals surface area contributed by atoms with Gasteiger partial charge in [-0.1, -0.05) is 30.3 Å². The number of benzene rings is 1. The van der Waals surface area contributed by atoms with E-state index in [1.54, 1.807) is 0 Å². The van der Waals surface area contributed by atoms with Crippen LogP contribution >= 0.6 is 12.6 Å². The molecule has 0 saturated carbocycles. The van der Waals surface area contributed by atoms with Gasteiger partial charge in [0.05, 0.1) is 0 Å². The summed E-state index contributed by atoms with van der Waals surface area (Å²) < 4.78 is 0. The van der Waals surface area contributed by atoms with Gasteiger partial charge < -0.3 is 10.4 Å². The quantitative estimate of drug-likeness (QED) is 0.601. The molecule has 2 N–H and O–H groups in total. The van der Waals surface area contributed by atoms with Crippen LogP contribution in [0.1, 0.15) is 18.4 Å². The van der Waals surface area contributed by atoms with Crippen LogP contribution in [0.25, 0.3) is 0 Å². The maximum Gasteiger partial charge on any atom is 0.320 e.